The molecule has 2 amide bonds. The van der Waals surface area contributed by atoms with Gasteiger partial charge in [-0.05, 0) is 44.4 Å². The SMILES string of the molecule is COC(=O)c1c(NC(=O)C2CCN(C(=O)c3ccco3)CC2)sc(C)c1C. The molecule has 0 atom stereocenters. The number of ether oxygens (including phenoxy) is 1. The third-order valence-electron chi connectivity index (χ3n) is 4.90. The van der Waals surface area contributed by atoms with E-state index in [9.17, 15) is 14.4 Å². The average molecular weight is 390 g/mol. The lowest BCUT2D eigenvalue weighted by atomic mass is 9.95. The third kappa shape index (κ3) is 3.90. The summed E-state index contributed by atoms with van der Waals surface area (Å²) in [6.45, 7) is 4.72. The second-order valence-corrected chi connectivity index (χ2v) is 7.74. The van der Waals surface area contributed by atoms with Gasteiger partial charge in [-0.15, -0.1) is 11.3 Å². The van der Waals surface area contributed by atoms with Gasteiger partial charge in [0.25, 0.3) is 5.91 Å². The predicted octanol–water partition coefficient (Wildman–Crippen LogP) is 3.24. The van der Waals surface area contributed by atoms with Gasteiger partial charge < -0.3 is 19.4 Å². The number of anilines is 1. The van der Waals surface area contributed by atoms with Crippen LogP contribution in [0.1, 0.15) is 44.2 Å². The number of methoxy groups -OCH3 is 1. The Bertz CT molecular complexity index is 848. The van der Waals surface area contributed by atoms with Gasteiger partial charge in [0, 0.05) is 23.9 Å². The van der Waals surface area contributed by atoms with E-state index in [1.54, 1.807) is 17.0 Å². The first-order chi connectivity index (χ1) is 12.9. The maximum absolute atomic E-state index is 12.7. The molecule has 1 fully saturated rings. The lowest BCUT2D eigenvalue weighted by Crippen LogP contribution is -2.41. The second kappa shape index (κ2) is 7.96. The normalized spacial score (nSPS) is 14.9. The molecule has 2 aromatic heterocycles. The Hall–Kier alpha value is -2.61. The zero-order valence-electron chi connectivity index (χ0n) is 15.5. The lowest BCUT2D eigenvalue weighted by molar-refractivity contribution is -0.121. The molecular formula is C19H22N2O5S. The van der Waals surface area contributed by atoms with Crippen molar-refractivity contribution >= 4 is 34.1 Å². The summed E-state index contributed by atoms with van der Waals surface area (Å²) < 4.78 is 9.99. The monoisotopic (exact) mass is 390 g/mol. The number of carbonyl (C=O) groups excluding carboxylic acids is 3. The van der Waals surface area contributed by atoms with E-state index < -0.39 is 5.97 Å². The molecule has 0 aromatic carbocycles. The Morgan fingerprint density at radius 1 is 1.26 bits per heavy atom. The highest BCUT2D eigenvalue weighted by Crippen LogP contribution is 2.34. The number of esters is 1. The van der Waals surface area contributed by atoms with E-state index in [1.807, 2.05) is 13.8 Å². The summed E-state index contributed by atoms with van der Waals surface area (Å²) in [7, 11) is 1.33. The minimum absolute atomic E-state index is 0.133. The molecule has 8 heteroatoms. The summed E-state index contributed by atoms with van der Waals surface area (Å²) in [6.07, 6.45) is 2.60. The van der Waals surface area contributed by atoms with Gasteiger partial charge in [-0.2, -0.15) is 0 Å². The number of furan rings is 1. The number of amides is 2. The highest BCUT2D eigenvalue weighted by atomic mass is 32.1. The number of thiophene rings is 1. The summed E-state index contributed by atoms with van der Waals surface area (Å²) >= 11 is 1.37. The molecule has 3 rings (SSSR count). The summed E-state index contributed by atoms with van der Waals surface area (Å²) in [5.41, 5.74) is 1.24. The molecule has 7 nitrogen and oxygen atoms in total. The van der Waals surface area contributed by atoms with Crippen molar-refractivity contribution in [1.82, 2.24) is 4.90 Å². The van der Waals surface area contributed by atoms with E-state index in [4.69, 9.17) is 9.15 Å². The van der Waals surface area contributed by atoms with Crippen LogP contribution in [0, 0.1) is 19.8 Å². The van der Waals surface area contributed by atoms with Crippen molar-refractivity contribution in [1.29, 1.82) is 0 Å². The topological polar surface area (TPSA) is 88.9 Å². The van der Waals surface area contributed by atoms with Crippen LogP contribution in [0.25, 0.3) is 0 Å². The molecule has 1 aliphatic rings. The molecule has 0 bridgehead atoms. The number of nitrogens with one attached hydrogen (secondary N) is 1. The Labute approximate surface area is 161 Å². The molecule has 3 heterocycles. The van der Waals surface area contributed by atoms with Crippen molar-refractivity contribution in [2.24, 2.45) is 5.92 Å². The van der Waals surface area contributed by atoms with Crippen LogP contribution < -0.4 is 5.32 Å². The summed E-state index contributed by atoms with van der Waals surface area (Å²) in [4.78, 5) is 39.7. The molecule has 1 saturated heterocycles. The Morgan fingerprint density at radius 3 is 2.56 bits per heavy atom. The Kier molecular flexibility index (Phi) is 5.65. The van der Waals surface area contributed by atoms with Crippen molar-refractivity contribution in [3.05, 3.63) is 40.2 Å². The summed E-state index contributed by atoms with van der Waals surface area (Å²) in [5.74, 6) is -0.641. The van der Waals surface area contributed by atoms with Gasteiger partial charge in [-0.25, -0.2) is 4.79 Å². The van der Waals surface area contributed by atoms with Crippen molar-refractivity contribution in [3.63, 3.8) is 0 Å². The number of likely N-dealkylation sites (tertiary alicyclic amines) is 1. The zero-order chi connectivity index (χ0) is 19.6. The Balaban J connectivity index is 1.63. The highest BCUT2D eigenvalue weighted by Gasteiger charge is 2.30. The third-order valence-corrected chi connectivity index (χ3v) is 6.02. The smallest absolute Gasteiger partial charge is 0.341 e. The fourth-order valence-electron chi connectivity index (χ4n) is 3.18. The number of aryl methyl sites for hydroxylation is 1. The minimum Gasteiger partial charge on any atom is -0.465 e. The van der Waals surface area contributed by atoms with E-state index in [0.717, 1.165) is 10.4 Å². The van der Waals surface area contributed by atoms with Crippen LogP contribution >= 0.6 is 11.3 Å². The summed E-state index contributed by atoms with van der Waals surface area (Å²) in [5, 5.41) is 3.41. The van der Waals surface area contributed by atoms with Gasteiger partial charge in [0.05, 0.1) is 18.9 Å². The van der Waals surface area contributed by atoms with Crippen molar-refractivity contribution in [2.45, 2.75) is 26.7 Å². The molecule has 0 saturated carbocycles. The van der Waals surface area contributed by atoms with Gasteiger partial charge in [0.2, 0.25) is 5.91 Å². The fraction of sp³-hybridized carbons (Fsp3) is 0.421. The van der Waals surface area contributed by atoms with E-state index in [1.165, 1.54) is 24.7 Å². The van der Waals surface area contributed by atoms with Gasteiger partial charge >= 0.3 is 5.97 Å². The molecule has 144 valence electrons. The molecule has 0 radical (unpaired) electrons. The maximum atomic E-state index is 12.7. The Morgan fingerprint density at radius 2 is 1.96 bits per heavy atom. The van der Waals surface area contributed by atoms with E-state index in [0.29, 0.717) is 42.3 Å². The van der Waals surface area contributed by atoms with Crippen LogP contribution in [-0.2, 0) is 9.53 Å². The van der Waals surface area contributed by atoms with Crippen LogP contribution in [0.4, 0.5) is 5.00 Å². The second-order valence-electron chi connectivity index (χ2n) is 6.51. The first kappa shape index (κ1) is 19.2. The van der Waals surface area contributed by atoms with Crippen molar-refractivity contribution in [2.75, 3.05) is 25.5 Å². The average Bonchev–Trinajstić information content (AvgIpc) is 3.30. The predicted molar refractivity (Wildman–Crippen MR) is 101 cm³/mol. The molecule has 0 unspecified atom stereocenters. The number of nitrogens with zero attached hydrogens (tertiary/aromatic N) is 1. The van der Waals surface area contributed by atoms with Crippen LogP contribution in [-0.4, -0.2) is 42.9 Å². The molecule has 27 heavy (non-hydrogen) atoms. The molecule has 1 N–H and O–H groups in total. The van der Waals surface area contributed by atoms with Crippen LogP contribution in [0.15, 0.2) is 22.8 Å². The first-order valence-electron chi connectivity index (χ1n) is 8.74. The summed E-state index contributed by atoms with van der Waals surface area (Å²) in [6, 6.07) is 3.31. The molecule has 2 aromatic rings. The largest absolute Gasteiger partial charge is 0.465 e. The number of rotatable bonds is 4. The van der Waals surface area contributed by atoms with Gasteiger partial charge in [-0.1, -0.05) is 0 Å². The van der Waals surface area contributed by atoms with Gasteiger partial charge in [0.15, 0.2) is 5.76 Å². The standard InChI is InChI=1S/C19H22N2O5S/c1-11-12(2)27-17(15(11)19(24)25-3)20-16(22)13-6-8-21(9-7-13)18(23)14-5-4-10-26-14/h4-5,10,13H,6-9H2,1-3H3,(H,20,22). The maximum Gasteiger partial charge on any atom is 0.341 e. The van der Waals surface area contributed by atoms with Crippen LogP contribution in [0.5, 0.6) is 0 Å². The van der Waals surface area contributed by atoms with E-state index in [2.05, 4.69) is 5.32 Å². The molecular weight excluding hydrogens is 368 g/mol. The van der Waals surface area contributed by atoms with Crippen LogP contribution in [0.2, 0.25) is 0 Å². The first-order valence-corrected chi connectivity index (χ1v) is 9.56. The van der Waals surface area contributed by atoms with Gasteiger partial charge in [-0.3, -0.25) is 9.59 Å². The number of piperidine rings is 1. The van der Waals surface area contributed by atoms with E-state index in [-0.39, 0.29) is 17.7 Å². The molecule has 0 spiro atoms. The lowest BCUT2D eigenvalue weighted by Gasteiger charge is -2.30. The molecule has 1 aliphatic heterocycles. The van der Waals surface area contributed by atoms with Crippen LogP contribution in [0.3, 0.4) is 0 Å². The molecule has 0 aliphatic carbocycles. The fourth-order valence-corrected chi connectivity index (χ4v) is 4.23. The van der Waals surface area contributed by atoms with Crippen molar-refractivity contribution < 1.29 is 23.5 Å². The highest BCUT2D eigenvalue weighted by molar-refractivity contribution is 7.16. The number of hydrogen-bond donors (Lipinski definition) is 1. The van der Waals surface area contributed by atoms with Gasteiger partial charge in [0.1, 0.15) is 5.00 Å². The quantitative estimate of drug-likeness (QED) is 0.810. The minimum atomic E-state index is -0.453. The zero-order valence-corrected chi connectivity index (χ0v) is 16.4. The van der Waals surface area contributed by atoms with Crippen molar-refractivity contribution in [3.8, 4) is 0 Å². The van der Waals surface area contributed by atoms with E-state index >= 15 is 0 Å². The number of carbonyl (C=O) groups is 3. The number of hydrogen-bond acceptors (Lipinski definition) is 6.